The zero-order valence-corrected chi connectivity index (χ0v) is 18.1. The lowest BCUT2D eigenvalue weighted by Gasteiger charge is -2.21. The first-order valence-electron chi connectivity index (χ1n) is 9.48. The van der Waals surface area contributed by atoms with E-state index in [4.69, 9.17) is 0 Å². The average Bonchev–Trinajstić information content (AvgIpc) is 3.39. The molecule has 1 amide bonds. The van der Waals surface area contributed by atoms with Crippen LogP contribution in [-0.2, 0) is 6.54 Å². The molecule has 2 aromatic carbocycles. The normalized spacial score (nSPS) is 17.6. The smallest absolute Gasteiger partial charge is 0.251 e. The highest BCUT2D eigenvalue weighted by molar-refractivity contribution is 5.94. The van der Waals surface area contributed by atoms with E-state index in [1.807, 2.05) is 35.0 Å². The molecule has 1 unspecified atom stereocenters. The summed E-state index contributed by atoms with van der Waals surface area (Å²) in [4.78, 5) is 16.4. The van der Waals surface area contributed by atoms with Gasteiger partial charge in [0.1, 0.15) is 0 Å². The number of carbonyl (C=O) groups is 1. The molecule has 160 valence electrons. The van der Waals surface area contributed by atoms with Crippen molar-refractivity contribution in [2.75, 3.05) is 19.6 Å². The summed E-state index contributed by atoms with van der Waals surface area (Å²) < 4.78 is 2.03. The van der Waals surface area contributed by atoms with Gasteiger partial charge in [-0.05, 0) is 41.8 Å². The highest BCUT2D eigenvalue weighted by Crippen LogP contribution is 2.21. The molecule has 4 rings (SSSR count). The fraction of sp³-hybridized carbons (Fsp3) is 0.273. The molecule has 0 spiro atoms. The lowest BCUT2D eigenvalue weighted by atomic mass is 10.0. The average molecular weight is 449 g/mol. The number of halogens is 2. The van der Waals surface area contributed by atoms with Crippen LogP contribution in [0.2, 0.25) is 0 Å². The molecule has 0 bridgehead atoms. The highest BCUT2D eigenvalue weighted by atomic mass is 35.5. The quantitative estimate of drug-likeness (QED) is 0.541. The van der Waals surface area contributed by atoms with Gasteiger partial charge in [-0.1, -0.05) is 36.4 Å². The van der Waals surface area contributed by atoms with Crippen LogP contribution in [0.4, 0.5) is 0 Å². The van der Waals surface area contributed by atoms with E-state index in [0.717, 1.165) is 24.2 Å². The molecule has 6 nitrogen and oxygen atoms in total. The molecule has 1 aliphatic heterocycles. The maximum Gasteiger partial charge on any atom is 0.251 e. The van der Waals surface area contributed by atoms with Gasteiger partial charge in [0.25, 0.3) is 5.91 Å². The Labute approximate surface area is 188 Å². The van der Waals surface area contributed by atoms with Crippen molar-refractivity contribution in [3.05, 3.63) is 78.4 Å². The summed E-state index contributed by atoms with van der Waals surface area (Å²) in [6.45, 7) is 2.35. The second kappa shape index (κ2) is 10.6. The number of hydrogen-bond acceptors (Lipinski definition) is 4. The first-order valence-corrected chi connectivity index (χ1v) is 9.48. The van der Waals surface area contributed by atoms with Gasteiger partial charge in [-0.2, -0.15) is 0 Å². The fourth-order valence-corrected chi connectivity index (χ4v) is 3.44. The molecule has 0 radical (unpaired) electrons. The number of benzene rings is 2. The molecule has 8 heteroatoms. The first-order chi connectivity index (χ1) is 13.6. The van der Waals surface area contributed by atoms with E-state index in [2.05, 4.69) is 39.9 Å². The second-order valence-corrected chi connectivity index (χ2v) is 7.34. The van der Waals surface area contributed by atoms with Crippen LogP contribution in [-0.4, -0.2) is 45.8 Å². The second-order valence-electron chi connectivity index (χ2n) is 7.34. The van der Waals surface area contributed by atoms with Gasteiger partial charge in [0.2, 0.25) is 0 Å². The van der Waals surface area contributed by atoms with Crippen molar-refractivity contribution in [2.45, 2.75) is 18.6 Å². The zero-order chi connectivity index (χ0) is 19.4. The first kappa shape index (κ1) is 23.9. The van der Waals surface area contributed by atoms with Crippen LogP contribution >= 0.6 is 24.8 Å². The van der Waals surface area contributed by atoms with E-state index in [-0.39, 0.29) is 37.3 Å². The Hall–Kier alpha value is -2.38. The number of nitrogens with zero attached hydrogens (tertiary/aromatic N) is 2. The van der Waals surface area contributed by atoms with E-state index in [1.54, 1.807) is 12.5 Å². The molecule has 0 aliphatic carbocycles. The van der Waals surface area contributed by atoms with Crippen LogP contribution in [0.5, 0.6) is 0 Å². The Balaban J connectivity index is 0.00000160. The number of aliphatic hydroxyl groups is 1. The Morgan fingerprint density at radius 3 is 2.33 bits per heavy atom. The molecule has 2 heterocycles. The number of rotatable bonds is 6. The third kappa shape index (κ3) is 5.83. The molecule has 30 heavy (non-hydrogen) atoms. The van der Waals surface area contributed by atoms with Gasteiger partial charge in [-0.3, -0.25) is 4.79 Å². The van der Waals surface area contributed by atoms with Gasteiger partial charge in [0, 0.05) is 37.6 Å². The molecule has 0 saturated carbocycles. The van der Waals surface area contributed by atoms with Crippen molar-refractivity contribution in [1.82, 2.24) is 20.2 Å². The van der Waals surface area contributed by atoms with Crippen LogP contribution in [0.15, 0.2) is 67.3 Å². The van der Waals surface area contributed by atoms with E-state index in [9.17, 15) is 9.90 Å². The SMILES string of the molecule is Cl.Cl.O=C(NCC1(O)CCNC1)c1ccc(-c2ccc(Cn3ccnc3)cc2)cc1. The Bertz CT molecular complexity index is 923. The molecular formula is C22H26Cl2N4O2. The van der Waals surface area contributed by atoms with Crippen molar-refractivity contribution in [3.8, 4) is 11.1 Å². The lowest BCUT2D eigenvalue weighted by Crippen LogP contribution is -2.44. The fourth-order valence-electron chi connectivity index (χ4n) is 3.44. The summed E-state index contributed by atoms with van der Waals surface area (Å²) in [7, 11) is 0. The van der Waals surface area contributed by atoms with Gasteiger partial charge in [0.05, 0.1) is 11.9 Å². The number of hydrogen-bond donors (Lipinski definition) is 3. The molecule has 1 aliphatic rings. The predicted molar refractivity (Wildman–Crippen MR) is 122 cm³/mol. The number of carbonyl (C=O) groups excluding carboxylic acids is 1. The summed E-state index contributed by atoms with van der Waals surface area (Å²) in [5.74, 6) is -0.164. The molecular weight excluding hydrogens is 423 g/mol. The summed E-state index contributed by atoms with van der Waals surface area (Å²) >= 11 is 0. The summed E-state index contributed by atoms with van der Waals surface area (Å²) in [6, 6.07) is 15.9. The van der Waals surface area contributed by atoms with Gasteiger partial charge >= 0.3 is 0 Å². The largest absolute Gasteiger partial charge is 0.387 e. The van der Waals surface area contributed by atoms with Crippen LogP contribution in [0, 0.1) is 0 Å². The van der Waals surface area contributed by atoms with Crippen LogP contribution in [0.25, 0.3) is 11.1 Å². The summed E-state index contributed by atoms with van der Waals surface area (Å²) in [6.07, 6.45) is 6.18. The van der Waals surface area contributed by atoms with Crippen LogP contribution in [0.3, 0.4) is 0 Å². The monoisotopic (exact) mass is 448 g/mol. The molecule has 3 N–H and O–H groups in total. The minimum atomic E-state index is -0.839. The minimum Gasteiger partial charge on any atom is -0.387 e. The Morgan fingerprint density at radius 1 is 1.10 bits per heavy atom. The van der Waals surface area contributed by atoms with Crippen molar-refractivity contribution >= 4 is 30.7 Å². The topological polar surface area (TPSA) is 79.2 Å². The Morgan fingerprint density at radius 2 is 1.77 bits per heavy atom. The van der Waals surface area contributed by atoms with Crippen molar-refractivity contribution < 1.29 is 9.90 Å². The maximum absolute atomic E-state index is 12.3. The van der Waals surface area contributed by atoms with Gasteiger partial charge in [0.15, 0.2) is 0 Å². The predicted octanol–water partition coefficient (Wildman–Crippen LogP) is 2.90. The van der Waals surface area contributed by atoms with Crippen LogP contribution < -0.4 is 10.6 Å². The molecule has 1 aromatic heterocycles. The number of β-amino-alcohol motifs (C(OH)–C–C–N with tert-alkyl or cyclic N) is 1. The molecule has 1 saturated heterocycles. The Kier molecular flexibility index (Phi) is 8.43. The van der Waals surface area contributed by atoms with Gasteiger partial charge in [-0.25, -0.2) is 4.98 Å². The molecule has 1 atom stereocenters. The third-order valence-electron chi connectivity index (χ3n) is 5.16. The van der Waals surface area contributed by atoms with E-state index < -0.39 is 5.60 Å². The molecule has 1 fully saturated rings. The lowest BCUT2D eigenvalue weighted by molar-refractivity contribution is 0.0562. The van der Waals surface area contributed by atoms with E-state index >= 15 is 0 Å². The number of aromatic nitrogens is 2. The highest BCUT2D eigenvalue weighted by Gasteiger charge is 2.31. The van der Waals surface area contributed by atoms with E-state index in [1.165, 1.54) is 5.56 Å². The third-order valence-corrected chi connectivity index (χ3v) is 5.16. The van der Waals surface area contributed by atoms with Gasteiger partial charge in [-0.15, -0.1) is 24.8 Å². The molecule has 3 aromatic rings. The van der Waals surface area contributed by atoms with Crippen LogP contribution in [0.1, 0.15) is 22.3 Å². The summed E-state index contributed by atoms with van der Waals surface area (Å²) in [5.41, 5.74) is 3.12. The zero-order valence-electron chi connectivity index (χ0n) is 16.5. The summed E-state index contributed by atoms with van der Waals surface area (Å²) in [5, 5.41) is 16.2. The van der Waals surface area contributed by atoms with Crippen molar-refractivity contribution in [2.24, 2.45) is 0 Å². The minimum absolute atomic E-state index is 0. The van der Waals surface area contributed by atoms with Gasteiger partial charge < -0.3 is 20.3 Å². The maximum atomic E-state index is 12.3. The number of imidazole rings is 1. The number of amides is 1. The standard InChI is InChI=1S/C22H24N4O2.2ClH/c27-21(25-15-22(28)9-10-23-14-22)20-7-5-19(6-8-20)18-3-1-17(2-4-18)13-26-12-11-24-16-26;;/h1-8,11-12,16,23,28H,9-10,13-15H2,(H,25,27);2*1H. The van der Waals surface area contributed by atoms with E-state index in [0.29, 0.717) is 18.5 Å². The number of nitrogens with one attached hydrogen (secondary N) is 2. The van der Waals surface area contributed by atoms with Crippen molar-refractivity contribution in [3.63, 3.8) is 0 Å². The van der Waals surface area contributed by atoms with Crippen molar-refractivity contribution in [1.29, 1.82) is 0 Å².